The molecule has 0 aliphatic carbocycles. The van der Waals surface area contributed by atoms with Crippen molar-refractivity contribution in [1.82, 2.24) is 0 Å². The van der Waals surface area contributed by atoms with Crippen molar-refractivity contribution in [2.75, 3.05) is 14.7 Å². The SMILES string of the molecule is Cc1cc2c3c(c1)N(c1ccccc1)c1cc(Oc4ccccc4)cc4c1B3c1c(cc(Oc3ccccc3)cc1N4c1ccccc1)N2c1ccccc1. The Labute approximate surface area is 321 Å². The van der Waals surface area contributed by atoms with Gasteiger partial charge in [0.2, 0.25) is 0 Å². The summed E-state index contributed by atoms with van der Waals surface area (Å²) in [7, 11) is 0. The highest BCUT2D eigenvalue weighted by atomic mass is 16.5. The van der Waals surface area contributed by atoms with E-state index in [9.17, 15) is 0 Å². The molecule has 3 aliphatic rings. The van der Waals surface area contributed by atoms with Crippen LogP contribution in [0.3, 0.4) is 0 Å². The molecule has 0 radical (unpaired) electrons. The van der Waals surface area contributed by atoms with Crippen molar-refractivity contribution in [2.24, 2.45) is 0 Å². The quantitative estimate of drug-likeness (QED) is 0.154. The molecule has 0 bridgehead atoms. The van der Waals surface area contributed by atoms with Gasteiger partial charge in [0.25, 0.3) is 6.71 Å². The molecule has 11 rings (SSSR count). The van der Waals surface area contributed by atoms with Crippen molar-refractivity contribution in [3.8, 4) is 23.0 Å². The first-order valence-corrected chi connectivity index (χ1v) is 18.7. The van der Waals surface area contributed by atoms with Crippen molar-refractivity contribution in [1.29, 1.82) is 0 Å². The van der Waals surface area contributed by atoms with E-state index in [4.69, 9.17) is 9.47 Å². The third-order valence-corrected chi connectivity index (χ3v) is 10.8. The zero-order valence-electron chi connectivity index (χ0n) is 30.1. The summed E-state index contributed by atoms with van der Waals surface area (Å²) in [5.41, 5.74) is 14.8. The van der Waals surface area contributed by atoms with Gasteiger partial charge in [-0.1, -0.05) is 91.0 Å². The summed E-state index contributed by atoms with van der Waals surface area (Å²) >= 11 is 0. The molecule has 3 heterocycles. The number of rotatable bonds is 7. The second kappa shape index (κ2) is 12.5. The number of hydrogen-bond acceptors (Lipinski definition) is 5. The van der Waals surface area contributed by atoms with Crippen LogP contribution in [0.15, 0.2) is 188 Å². The standard InChI is InChI=1S/C49H34BN3O2/c1-33-27-41-47-42(28-33)52(35-19-9-3-10-20-35)44-30-40(55-38-25-15-6-16-26-38)32-46-49(44)50(47)48-43(51(41)34-17-7-2-8-18-34)29-39(54-37-23-13-5-14-24-37)31-45(48)53(46)36-21-11-4-12-22-36/h2-32H,1H3. The van der Waals surface area contributed by atoms with Crippen LogP contribution >= 0.6 is 0 Å². The Bertz CT molecular complexity index is 2560. The summed E-state index contributed by atoms with van der Waals surface area (Å²) in [6.07, 6.45) is 0. The van der Waals surface area contributed by atoms with E-state index in [-0.39, 0.29) is 6.71 Å². The average Bonchev–Trinajstić information content (AvgIpc) is 3.22. The molecule has 0 amide bonds. The molecule has 0 spiro atoms. The number of benzene rings is 8. The Morgan fingerprint density at radius 3 is 0.909 bits per heavy atom. The monoisotopic (exact) mass is 707 g/mol. The van der Waals surface area contributed by atoms with Crippen LogP contribution < -0.4 is 40.6 Å². The molecule has 0 saturated heterocycles. The minimum absolute atomic E-state index is 0.0583. The zero-order valence-corrected chi connectivity index (χ0v) is 30.1. The van der Waals surface area contributed by atoms with Crippen LogP contribution in [0.5, 0.6) is 23.0 Å². The van der Waals surface area contributed by atoms with Gasteiger partial charge >= 0.3 is 0 Å². The zero-order chi connectivity index (χ0) is 36.5. The van der Waals surface area contributed by atoms with Gasteiger partial charge < -0.3 is 24.2 Å². The molecule has 0 N–H and O–H groups in total. The van der Waals surface area contributed by atoms with Crippen molar-refractivity contribution in [3.63, 3.8) is 0 Å². The maximum atomic E-state index is 6.74. The maximum absolute atomic E-state index is 6.74. The van der Waals surface area contributed by atoms with Gasteiger partial charge in [-0.05, 0) is 102 Å². The molecule has 3 aliphatic heterocycles. The van der Waals surface area contributed by atoms with E-state index in [2.05, 4.69) is 149 Å². The van der Waals surface area contributed by atoms with E-state index < -0.39 is 0 Å². The fraction of sp³-hybridized carbons (Fsp3) is 0.0204. The number of anilines is 9. The van der Waals surface area contributed by atoms with Gasteiger partial charge in [-0.25, -0.2) is 0 Å². The number of nitrogens with zero attached hydrogens (tertiary/aromatic N) is 3. The maximum Gasteiger partial charge on any atom is 0.257 e. The molecule has 0 fully saturated rings. The minimum atomic E-state index is -0.0583. The van der Waals surface area contributed by atoms with Crippen LogP contribution in [0.25, 0.3) is 0 Å². The molecular weight excluding hydrogens is 673 g/mol. The smallest absolute Gasteiger partial charge is 0.257 e. The number of hydrogen-bond donors (Lipinski definition) is 0. The molecule has 8 aromatic rings. The first kappa shape index (κ1) is 31.4. The van der Waals surface area contributed by atoms with Gasteiger partial charge in [0.15, 0.2) is 0 Å². The second-order valence-corrected chi connectivity index (χ2v) is 14.2. The first-order valence-electron chi connectivity index (χ1n) is 18.7. The Hall–Kier alpha value is -7.18. The van der Waals surface area contributed by atoms with Gasteiger partial charge in [-0.2, -0.15) is 0 Å². The molecule has 0 aromatic heterocycles. The molecule has 8 aromatic carbocycles. The van der Waals surface area contributed by atoms with E-state index in [1.54, 1.807) is 0 Å². The Kier molecular flexibility index (Phi) is 7.11. The number of aryl methyl sites for hydroxylation is 1. The van der Waals surface area contributed by atoms with Crippen molar-refractivity contribution in [3.05, 3.63) is 194 Å². The van der Waals surface area contributed by atoms with Crippen LogP contribution in [-0.4, -0.2) is 6.71 Å². The van der Waals surface area contributed by atoms with E-state index >= 15 is 0 Å². The Balaban J connectivity index is 1.28. The van der Waals surface area contributed by atoms with E-state index in [1.807, 2.05) is 60.7 Å². The highest BCUT2D eigenvalue weighted by Crippen LogP contribution is 2.52. The van der Waals surface area contributed by atoms with Crippen LogP contribution in [0.2, 0.25) is 0 Å². The second-order valence-electron chi connectivity index (χ2n) is 14.2. The van der Waals surface area contributed by atoms with Crippen molar-refractivity contribution >= 4 is 74.3 Å². The average molecular weight is 708 g/mol. The lowest BCUT2D eigenvalue weighted by atomic mass is 9.31. The molecule has 260 valence electrons. The van der Waals surface area contributed by atoms with E-state index in [0.29, 0.717) is 0 Å². The first-order chi connectivity index (χ1) is 27.2. The van der Waals surface area contributed by atoms with E-state index in [1.165, 1.54) is 22.0 Å². The van der Waals surface area contributed by atoms with Crippen molar-refractivity contribution < 1.29 is 9.47 Å². The molecule has 6 heteroatoms. The fourth-order valence-corrected chi connectivity index (χ4v) is 8.71. The molecule has 0 atom stereocenters. The molecule has 5 nitrogen and oxygen atoms in total. The lowest BCUT2D eigenvalue weighted by molar-refractivity contribution is 0.483. The van der Waals surface area contributed by atoms with Gasteiger partial charge in [-0.3, -0.25) is 0 Å². The molecule has 0 unspecified atom stereocenters. The molecule has 0 saturated carbocycles. The van der Waals surface area contributed by atoms with Gasteiger partial charge in [0.1, 0.15) is 23.0 Å². The van der Waals surface area contributed by atoms with Gasteiger partial charge in [0.05, 0.1) is 0 Å². The summed E-state index contributed by atoms with van der Waals surface area (Å²) in [5.74, 6) is 3.10. The number of para-hydroxylation sites is 5. The van der Waals surface area contributed by atoms with Gasteiger partial charge in [0, 0.05) is 75.5 Å². The topological polar surface area (TPSA) is 28.2 Å². The van der Waals surface area contributed by atoms with Crippen LogP contribution in [0.4, 0.5) is 51.2 Å². The summed E-state index contributed by atoms with van der Waals surface area (Å²) < 4.78 is 13.5. The molecular formula is C49H34BN3O2. The van der Waals surface area contributed by atoms with Crippen LogP contribution in [0.1, 0.15) is 5.56 Å². The van der Waals surface area contributed by atoms with E-state index in [0.717, 1.165) is 74.2 Å². The Morgan fingerprint density at radius 2 is 0.600 bits per heavy atom. The van der Waals surface area contributed by atoms with Crippen molar-refractivity contribution in [2.45, 2.75) is 6.92 Å². The normalized spacial score (nSPS) is 13.0. The third-order valence-electron chi connectivity index (χ3n) is 10.8. The third kappa shape index (κ3) is 5.03. The molecule has 55 heavy (non-hydrogen) atoms. The highest BCUT2D eigenvalue weighted by molar-refractivity contribution is 7.02. The van der Waals surface area contributed by atoms with Crippen LogP contribution in [0, 0.1) is 6.92 Å². The fourth-order valence-electron chi connectivity index (χ4n) is 8.71. The summed E-state index contributed by atoms with van der Waals surface area (Å²) in [6, 6.07) is 65.8. The lowest BCUT2D eigenvalue weighted by Crippen LogP contribution is -2.64. The predicted molar refractivity (Wildman–Crippen MR) is 226 cm³/mol. The Morgan fingerprint density at radius 1 is 0.327 bits per heavy atom. The summed E-state index contributed by atoms with van der Waals surface area (Å²) in [4.78, 5) is 7.28. The summed E-state index contributed by atoms with van der Waals surface area (Å²) in [5, 5.41) is 0. The highest BCUT2D eigenvalue weighted by Gasteiger charge is 2.50. The lowest BCUT2D eigenvalue weighted by Gasteiger charge is -2.49. The van der Waals surface area contributed by atoms with Crippen LogP contribution in [-0.2, 0) is 0 Å². The largest absolute Gasteiger partial charge is 0.457 e. The summed E-state index contributed by atoms with van der Waals surface area (Å²) in [6.45, 7) is 2.14. The van der Waals surface area contributed by atoms with Gasteiger partial charge in [-0.15, -0.1) is 0 Å². The predicted octanol–water partition coefficient (Wildman–Crippen LogP) is 11.4. The number of ether oxygens (including phenoxy) is 2. The minimum Gasteiger partial charge on any atom is -0.457 e.